The third-order valence-electron chi connectivity index (χ3n) is 6.60. The molecule has 3 aromatic heterocycles. The first-order valence-electron chi connectivity index (χ1n) is 11.5. The Morgan fingerprint density at radius 3 is 2.85 bits per heavy atom. The number of rotatable bonds is 5. The third-order valence-corrected chi connectivity index (χ3v) is 6.60. The number of H-pyrrole nitrogens is 1. The first-order valence-corrected chi connectivity index (χ1v) is 11.5. The smallest absolute Gasteiger partial charge is 0.251 e. The van der Waals surface area contributed by atoms with Crippen LogP contribution in [0.5, 0.6) is 5.88 Å². The van der Waals surface area contributed by atoms with E-state index in [2.05, 4.69) is 43.2 Å². The second-order valence-corrected chi connectivity index (χ2v) is 8.84. The molecule has 4 heterocycles. The van der Waals surface area contributed by atoms with Crippen LogP contribution in [0.1, 0.15) is 27.9 Å². The van der Waals surface area contributed by atoms with Gasteiger partial charge in [-0.15, -0.1) is 0 Å². The van der Waals surface area contributed by atoms with Gasteiger partial charge in [0.25, 0.3) is 5.91 Å². The van der Waals surface area contributed by atoms with Gasteiger partial charge in [0.05, 0.1) is 5.69 Å². The number of hydrogen-bond donors (Lipinski definition) is 4. The quantitative estimate of drug-likeness (QED) is 0.326. The Kier molecular flexibility index (Phi) is 5.04. The van der Waals surface area contributed by atoms with Gasteiger partial charge in [-0.1, -0.05) is 24.3 Å². The zero-order valence-electron chi connectivity index (χ0n) is 18.6. The molecule has 0 saturated carbocycles. The molecule has 1 saturated heterocycles. The van der Waals surface area contributed by atoms with E-state index in [1.807, 2.05) is 55.0 Å². The highest BCUT2D eigenvalue weighted by atomic mass is 16.3. The number of benzene rings is 2. The van der Waals surface area contributed by atoms with E-state index in [9.17, 15) is 9.90 Å². The molecule has 0 aliphatic carbocycles. The normalized spacial score (nSPS) is 15.8. The maximum atomic E-state index is 12.5. The molecule has 0 radical (unpaired) electrons. The van der Waals surface area contributed by atoms with Crippen LogP contribution < -0.4 is 10.6 Å². The number of carbonyl (C=O) groups excluding carboxylic acids is 1. The Morgan fingerprint density at radius 2 is 2.03 bits per heavy atom. The fraction of sp³-hybridized carbons (Fsp3) is 0.185. The molecule has 4 N–H and O–H groups in total. The van der Waals surface area contributed by atoms with Crippen LogP contribution in [0.3, 0.4) is 0 Å². The molecule has 170 valence electrons. The van der Waals surface area contributed by atoms with Gasteiger partial charge < -0.3 is 20.7 Å². The van der Waals surface area contributed by atoms with Gasteiger partial charge in [-0.2, -0.15) is 0 Å². The topological polar surface area (TPSA) is 94.5 Å². The second kappa shape index (κ2) is 8.35. The molecule has 6 rings (SSSR count). The van der Waals surface area contributed by atoms with E-state index in [1.54, 1.807) is 0 Å². The minimum absolute atomic E-state index is 0.0204. The lowest BCUT2D eigenvalue weighted by Crippen LogP contribution is -2.36. The van der Waals surface area contributed by atoms with Gasteiger partial charge in [0.15, 0.2) is 5.88 Å². The van der Waals surface area contributed by atoms with Crippen LogP contribution in [0.15, 0.2) is 73.2 Å². The average molecular weight is 452 g/mol. The maximum absolute atomic E-state index is 12.5. The number of aromatic amines is 1. The zero-order chi connectivity index (χ0) is 23.1. The fourth-order valence-electron chi connectivity index (χ4n) is 4.76. The van der Waals surface area contributed by atoms with Crippen molar-refractivity contribution < 1.29 is 9.90 Å². The lowest BCUT2D eigenvalue weighted by atomic mass is 10.0. The summed E-state index contributed by atoms with van der Waals surface area (Å²) in [4.78, 5) is 20.0. The molecule has 0 spiro atoms. The van der Waals surface area contributed by atoms with Crippen molar-refractivity contribution in [3.8, 4) is 17.1 Å². The summed E-state index contributed by atoms with van der Waals surface area (Å²) in [7, 11) is 0. The second-order valence-electron chi connectivity index (χ2n) is 8.84. The maximum Gasteiger partial charge on any atom is 0.251 e. The number of amides is 1. The molecule has 5 aromatic rings. The van der Waals surface area contributed by atoms with E-state index >= 15 is 0 Å². The molecule has 2 aromatic carbocycles. The number of imidazole rings is 1. The summed E-state index contributed by atoms with van der Waals surface area (Å²) in [6.07, 6.45) is 7.29. The van der Waals surface area contributed by atoms with Crippen molar-refractivity contribution in [1.82, 2.24) is 25.0 Å². The first-order chi connectivity index (χ1) is 16.7. The number of aromatic hydroxyl groups is 1. The number of nitrogens with one attached hydrogen (secondary N) is 3. The van der Waals surface area contributed by atoms with E-state index in [0.717, 1.165) is 64.7 Å². The summed E-state index contributed by atoms with van der Waals surface area (Å²) in [6.45, 7) is 1.79. The van der Waals surface area contributed by atoms with E-state index in [0.29, 0.717) is 5.56 Å². The number of nitrogens with zero attached hydrogens (tertiary/aromatic N) is 2. The fourth-order valence-corrected chi connectivity index (χ4v) is 4.76. The standard InChI is InChI=1S/C27H25N5O2/c33-26(31-22-9-10-28-16-22)18-3-1-17(2-4-18)13-20-6-8-24(32-12-11-29-25(20)32)19-5-7-23-21(14-19)15-30-27(23)34/h1-8,11-12,14-15,22,28,30,34H,9-10,13,16H2,(H,31,33). The predicted molar refractivity (Wildman–Crippen MR) is 132 cm³/mol. The zero-order valence-corrected chi connectivity index (χ0v) is 18.6. The summed E-state index contributed by atoms with van der Waals surface area (Å²) >= 11 is 0. The summed E-state index contributed by atoms with van der Waals surface area (Å²) in [5, 5.41) is 18.0. The average Bonchev–Trinajstić information content (AvgIpc) is 3.62. The molecule has 0 bridgehead atoms. The summed E-state index contributed by atoms with van der Waals surface area (Å²) in [6, 6.07) is 18.2. The molecular weight excluding hydrogens is 426 g/mol. The number of fused-ring (bicyclic) bond motifs is 2. The van der Waals surface area contributed by atoms with Crippen molar-refractivity contribution in [1.29, 1.82) is 0 Å². The van der Waals surface area contributed by atoms with Crippen LogP contribution >= 0.6 is 0 Å². The molecular formula is C27H25N5O2. The monoisotopic (exact) mass is 451 g/mol. The van der Waals surface area contributed by atoms with E-state index < -0.39 is 0 Å². The number of carbonyl (C=O) groups is 1. The van der Waals surface area contributed by atoms with Gasteiger partial charge in [0.1, 0.15) is 5.65 Å². The Morgan fingerprint density at radius 1 is 1.15 bits per heavy atom. The van der Waals surface area contributed by atoms with Gasteiger partial charge >= 0.3 is 0 Å². The van der Waals surface area contributed by atoms with E-state index in [4.69, 9.17) is 0 Å². The van der Waals surface area contributed by atoms with E-state index in [-0.39, 0.29) is 17.8 Å². The van der Waals surface area contributed by atoms with Crippen LogP contribution in [0.2, 0.25) is 0 Å². The third kappa shape index (κ3) is 3.70. The van der Waals surface area contributed by atoms with Crippen molar-refractivity contribution in [2.75, 3.05) is 13.1 Å². The Bertz CT molecular complexity index is 1490. The van der Waals surface area contributed by atoms with Gasteiger partial charge in [-0.3, -0.25) is 9.20 Å². The van der Waals surface area contributed by atoms with Crippen LogP contribution in [0.4, 0.5) is 0 Å². The van der Waals surface area contributed by atoms with Gasteiger partial charge in [-0.25, -0.2) is 4.98 Å². The van der Waals surface area contributed by atoms with E-state index in [1.165, 1.54) is 0 Å². The van der Waals surface area contributed by atoms with Gasteiger partial charge in [0, 0.05) is 53.9 Å². The Hall–Kier alpha value is -4.10. The molecule has 1 amide bonds. The number of pyridine rings is 1. The Labute approximate surface area is 196 Å². The molecule has 1 fully saturated rings. The lowest BCUT2D eigenvalue weighted by Gasteiger charge is -2.12. The summed E-state index contributed by atoms with van der Waals surface area (Å²) < 4.78 is 2.10. The number of hydrogen-bond acceptors (Lipinski definition) is 4. The minimum atomic E-state index is -0.0204. The summed E-state index contributed by atoms with van der Waals surface area (Å²) in [5.74, 6) is 0.164. The van der Waals surface area contributed by atoms with Crippen molar-refractivity contribution in [3.63, 3.8) is 0 Å². The highest BCUT2D eigenvalue weighted by molar-refractivity contribution is 5.94. The molecule has 34 heavy (non-hydrogen) atoms. The summed E-state index contributed by atoms with van der Waals surface area (Å²) in [5.41, 5.74) is 5.92. The molecule has 1 unspecified atom stereocenters. The van der Waals surface area contributed by atoms with Crippen molar-refractivity contribution in [3.05, 3.63) is 89.9 Å². The van der Waals surface area contributed by atoms with Crippen LogP contribution in [-0.4, -0.2) is 44.5 Å². The molecule has 1 aliphatic rings. The molecule has 7 nitrogen and oxygen atoms in total. The highest BCUT2D eigenvalue weighted by Gasteiger charge is 2.17. The van der Waals surface area contributed by atoms with Crippen molar-refractivity contribution in [2.45, 2.75) is 18.9 Å². The first kappa shape index (κ1) is 20.5. The molecule has 7 heteroatoms. The SMILES string of the molecule is O=C(NC1CCNC1)c1ccc(Cc2ccc(-c3ccc4c(O)[nH]cc4c3)n3ccnc23)cc1. The lowest BCUT2D eigenvalue weighted by molar-refractivity contribution is 0.0940. The van der Waals surface area contributed by atoms with Crippen LogP contribution in [0, 0.1) is 0 Å². The largest absolute Gasteiger partial charge is 0.494 e. The number of aromatic nitrogens is 3. The van der Waals surface area contributed by atoms with Gasteiger partial charge in [-0.05, 0) is 60.0 Å². The van der Waals surface area contributed by atoms with Crippen LogP contribution in [0.25, 0.3) is 27.7 Å². The molecule has 1 atom stereocenters. The Balaban J connectivity index is 1.25. The van der Waals surface area contributed by atoms with Crippen molar-refractivity contribution >= 4 is 22.3 Å². The predicted octanol–water partition coefficient (Wildman–Crippen LogP) is 3.87. The minimum Gasteiger partial charge on any atom is -0.494 e. The molecule has 1 aliphatic heterocycles. The van der Waals surface area contributed by atoms with Crippen molar-refractivity contribution in [2.24, 2.45) is 0 Å². The van der Waals surface area contributed by atoms with Gasteiger partial charge in [0.2, 0.25) is 0 Å². The highest BCUT2D eigenvalue weighted by Crippen LogP contribution is 2.30. The van der Waals surface area contributed by atoms with Crippen LogP contribution in [-0.2, 0) is 6.42 Å².